The summed E-state index contributed by atoms with van der Waals surface area (Å²) in [6.07, 6.45) is 5.59. The molecule has 11 nitrogen and oxygen atoms in total. The number of benzene rings is 2. The van der Waals surface area contributed by atoms with Gasteiger partial charge in [0.05, 0.1) is 17.3 Å². The molecule has 2 aromatic carbocycles. The molecule has 2 amide bonds. The number of ether oxygens (including phenoxy) is 1. The van der Waals surface area contributed by atoms with Crippen LogP contribution < -0.4 is 5.56 Å². The first-order valence-corrected chi connectivity index (χ1v) is 17.1. The number of rotatable bonds is 4. The maximum absolute atomic E-state index is 13.9. The zero-order valence-electron chi connectivity index (χ0n) is 27.3. The van der Waals surface area contributed by atoms with E-state index < -0.39 is 17.8 Å². The monoisotopic (exact) mass is 650 g/mol. The Bertz CT molecular complexity index is 1930. The number of aryl methyl sites for hydroxylation is 1. The van der Waals surface area contributed by atoms with E-state index in [-0.39, 0.29) is 43.0 Å². The number of para-hydroxylation sites is 1. The van der Waals surface area contributed by atoms with Gasteiger partial charge in [-0.3, -0.25) is 14.7 Å². The molecular weight excluding hydrogens is 608 g/mol. The molecule has 4 aromatic rings. The van der Waals surface area contributed by atoms with Gasteiger partial charge in [-0.05, 0) is 99.7 Å². The van der Waals surface area contributed by atoms with E-state index in [0.29, 0.717) is 30.2 Å². The maximum Gasteiger partial charge on any atom is 0.411 e. The SMILES string of the molecule is Cc1cc(C#CC(OC(=O)N2CCC(O)(c3cc4ccccc4[nH]c3=O)CC2)C(=O)N2CCC(N3CCCCC3)CC2)cc2cn[nH]c12. The number of likely N-dealkylation sites (tertiary alicyclic amines) is 3. The van der Waals surface area contributed by atoms with Crippen molar-refractivity contribution in [1.82, 2.24) is 29.9 Å². The summed E-state index contributed by atoms with van der Waals surface area (Å²) in [5, 5.41) is 20.4. The molecule has 11 heteroatoms. The largest absolute Gasteiger partial charge is 0.423 e. The minimum Gasteiger partial charge on any atom is -0.423 e. The Hall–Kier alpha value is -4.66. The summed E-state index contributed by atoms with van der Waals surface area (Å²) in [6.45, 7) is 5.70. The Morgan fingerprint density at radius 3 is 2.50 bits per heavy atom. The first-order chi connectivity index (χ1) is 23.3. The van der Waals surface area contributed by atoms with Gasteiger partial charge in [-0.25, -0.2) is 4.79 Å². The van der Waals surface area contributed by atoms with Crippen LogP contribution in [0.2, 0.25) is 0 Å². The number of aromatic amines is 2. The molecule has 250 valence electrons. The molecule has 0 radical (unpaired) electrons. The number of fused-ring (bicyclic) bond motifs is 2. The van der Waals surface area contributed by atoms with E-state index in [1.165, 1.54) is 24.2 Å². The van der Waals surface area contributed by atoms with E-state index in [4.69, 9.17) is 4.74 Å². The number of carbonyl (C=O) groups excluding carboxylic acids is 2. The van der Waals surface area contributed by atoms with Crippen LogP contribution in [0.3, 0.4) is 0 Å². The standard InChI is InChI=1S/C37H42N6O5/c1-25-21-26(22-28-24-38-40-33(25)28)9-10-32(35(45)42-17-11-29(12-18-42)41-15-5-2-6-16-41)48-36(46)43-19-13-37(47,14-20-43)30-23-27-7-3-4-8-31(27)39-34(30)44/h3-4,7-8,21-24,29,32,47H,2,5-6,11-20H2,1H3,(H,38,40)(H,39,44). The highest BCUT2D eigenvalue weighted by Gasteiger charge is 2.39. The van der Waals surface area contributed by atoms with Gasteiger partial charge in [-0.2, -0.15) is 5.10 Å². The van der Waals surface area contributed by atoms with Crippen LogP contribution in [0.25, 0.3) is 21.8 Å². The van der Waals surface area contributed by atoms with Gasteiger partial charge in [0, 0.05) is 54.3 Å². The van der Waals surface area contributed by atoms with Crippen molar-refractivity contribution in [3.63, 3.8) is 0 Å². The molecule has 3 fully saturated rings. The second kappa shape index (κ2) is 13.5. The van der Waals surface area contributed by atoms with Crippen molar-refractivity contribution in [1.29, 1.82) is 0 Å². The number of aliphatic hydroxyl groups is 1. The predicted octanol–water partition coefficient (Wildman–Crippen LogP) is 4.03. The quantitative estimate of drug-likeness (QED) is 0.284. The van der Waals surface area contributed by atoms with Gasteiger partial charge >= 0.3 is 6.09 Å². The Morgan fingerprint density at radius 2 is 1.73 bits per heavy atom. The normalized spacial score (nSPS) is 19.5. The van der Waals surface area contributed by atoms with Crippen molar-refractivity contribution in [2.24, 2.45) is 0 Å². The second-order valence-electron chi connectivity index (χ2n) is 13.4. The Balaban J connectivity index is 1.06. The number of hydrogen-bond acceptors (Lipinski definition) is 7. The molecule has 3 saturated heterocycles. The van der Waals surface area contributed by atoms with Gasteiger partial charge in [0.25, 0.3) is 11.5 Å². The number of piperidine rings is 3. The highest BCUT2D eigenvalue weighted by atomic mass is 16.6. The number of pyridine rings is 1. The summed E-state index contributed by atoms with van der Waals surface area (Å²) in [5.41, 5.74) is 1.83. The van der Waals surface area contributed by atoms with Crippen LogP contribution in [-0.4, -0.2) is 98.4 Å². The van der Waals surface area contributed by atoms with Crippen molar-refractivity contribution in [3.05, 3.63) is 75.7 Å². The number of amides is 2. The first kappa shape index (κ1) is 31.9. The molecule has 7 rings (SSSR count). The average molecular weight is 651 g/mol. The molecule has 0 aliphatic carbocycles. The third kappa shape index (κ3) is 6.55. The Labute approximate surface area is 279 Å². The zero-order chi connectivity index (χ0) is 33.3. The second-order valence-corrected chi connectivity index (χ2v) is 13.4. The molecule has 0 saturated carbocycles. The van der Waals surface area contributed by atoms with Crippen molar-refractivity contribution in [2.75, 3.05) is 39.3 Å². The van der Waals surface area contributed by atoms with Gasteiger partial charge in [-0.1, -0.05) is 30.5 Å². The lowest BCUT2D eigenvalue weighted by Crippen LogP contribution is -2.52. The van der Waals surface area contributed by atoms with E-state index in [0.717, 1.165) is 47.8 Å². The summed E-state index contributed by atoms with van der Waals surface area (Å²) in [4.78, 5) is 49.0. The molecule has 0 bridgehead atoms. The minimum absolute atomic E-state index is 0.155. The number of hydrogen-bond donors (Lipinski definition) is 3. The first-order valence-electron chi connectivity index (χ1n) is 17.1. The third-order valence-electron chi connectivity index (χ3n) is 10.3. The van der Waals surface area contributed by atoms with E-state index in [1.807, 2.05) is 43.3 Å². The van der Waals surface area contributed by atoms with Crippen LogP contribution in [0.5, 0.6) is 0 Å². The smallest absolute Gasteiger partial charge is 0.411 e. The average Bonchev–Trinajstić information content (AvgIpc) is 3.60. The van der Waals surface area contributed by atoms with Gasteiger partial charge in [0.15, 0.2) is 0 Å². The zero-order valence-corrected chi connectivity index (χ0v) is 27.3. The summed E-state index contributed by atoms with van der Waals surface area (Å²) in [7, 11) is 0. The molecule has 48 heavy (non-hydrogen) atoms. The Morgan fingerprint density at radius 1 is 0.979 bits per heavy atom. The molecule has 1 atom stereocenters. The fourth-order valence-corrected chi connectivity index (χ4v) is 7.50. The summed E-state index contributed by atoms with van der Waals surface area (Å²) in [6, 6.07) is 13.4. The summed E-state index contributed by atoms with van der Waals surface area (Å²) >= 11 is 0. The number of aromatic nitrogens is 3. The van der Waals surface area contributed by atoms with E-state index in [9.17, 15) is 19.5 Å². The summed E-state index contributed by atoms with van der Waals surface area (Å²) < 4.78 is 5.87. The van der Waals surface area contributed by atoms with Crippen LogP contribution in [0.1, 0.15) is 61.6 Å². The van der Waals surface area contributed by atoms with Crippen LogP contribution in [0.15, 0.2) is 53.5 Å². The van der Waals surface area contributed by atoms with Crippen molar-refractivity contribution in [3.8, 4) is 11.8 Å². The molecule has 3 aliphatic rings. The van der Waals surface area contributed by atoms with E-state index in [2.05, 4.69) is 31.9 Å². The number of nitrogens with one attached hydrogen (secondary N) is 2. The van der Waals surface area contributed by atoms with Gasteiger partial charge < -0.3 is 29.5 Å². The molecule has 1 unspecified atom stereocenters. The van der Waals surface area contributed by atoms with Crippen LogP contribution in [0.4, 0.5) is 4.79 Å². The molecule has 2 aromatic heterocycles. The third-order valence-corrected chi connectivity index (χ3v) is 10.3. The highest BCUT2D eigenvalue weighted by Crippen LogP contribution is 2.32. The molecule has 3 N–H and O–H groups in total. The topological polar surface area (TPSA) is 135 Å². The number of carbonyl (C=O) groups is 2. The Kier molecular flexibility index (Phi) is 8.94. The fraction of sp³-hybridized carbons (Fsp3) is 0.459. The van der Waals surface area contributed by atoms with Crippen molar-refractivity contribution < 1.29 is 19.4 Å². The fourth-order valence-electron chi connectivity index (χ4n) is 7.50. The maximum atomic E-state index is 13.9. The van der Waals surface area contributed by atoms with E-state index >= 15 is 0 Å². The minimum atomic E-state index is -1.40. The van der Waals surface area contributed by atoms with Crippen molar-refractivity contribution in [2.45, 2.75) is 69.6 Å². The van der Waals surface area contributed by atoms with Gasteiger partial charge in [-0.15, -0.1) is 0 Å². The summed E-state index contributed by atoms with van der Waals surface area (Å²) in [5.74, 6) is 5.76. The molecular formula is C37H42N6O5. The van der Waals surface area contributed by atoms with Crippen molar-refractivity contribution >= 4 is 33.8 Å². The lowest BCUT2D eigenvalue weighted by molar-refractivity contribution is -0.139. The van der Waals surface area contributed by atoms with E-state index in [1.54, 1.807) is 17.2 Å². The van der Waals surface area contributed by atoms with Crippen LogP contribution in [-0.2, 0) is 15.1 Å². The van der Waals surface area contributed by atoms with Gasteiger partial charge in [0.2, 0.25) is 6.10 Å². The predicted molar refractivity (Wildman–Crippen MR) is 182 cm³/mol. The molecule has 3 aliphatic heterocycles. The molecule has 0 spiro atoms. The van der Waals surface area contributed by atoms with Crippen LogP contribution in [0, 0.1) is 18.8 Å². The molecule has 5 heterocycles. The lowest BCUT2D eigenvalue weighted by atomic mass is 9.84. The number of nitrogens with zero attached hydrogens (tertiary/aromatic N) is 4. The highest BCUT2D eigenvalue weighted by molar-refractivity contribution is 5.87. The van der Waals surface area contributed by atoms with Gasteiger partial charge in [0.1, 0.15) is 0 Å². The number of H-pyrrole nitrogens is 2. The van der Waals surface area contributed by atoms with Crippen LogP contribution >= 0.6 is 0 Å². The lowest BCUT2D eigenvalue weighted by Gasteiger charge is -2.40.